The molecule has 3 heterocycles. The van der Waals surface area contributed by atoms with Gasteiger partial charge in [0.05, 0.1) is 24.5 Å². The van der Waals surface area contributed by atoms with Gasteiger partial charge in [-0.2, -0.15) is 5.10 Å². The molecule has 5 rings (SSSR count). The number of methoxy groups -OCH3 is 1. The Kier molecular flexibility index (Phi) is 4.35. The van der Waals surface area contributed by atoms with Crippen LogP contribution in [0.1, 0.15) is 17.5 Å². The summed E-state index contributed by atoms with van der Waals surface area (Å²) in [5.74, 6) is 0.832. The number of fused-ring (bicyclic) bond motifs is 2. The molecule has 2 aromatic heterocycles. The van der Waals surface area contributed by atoms with E-state index in [-0.39, 0.29) is 5.56 Å². The highest BCUT2D eigenvalue weighted by atomic mass is 16.5. The molecule has 30 heavy (non-hydrogen) atoms. The van der Waals surface area contributed by atoms with E-state index in [0.29, 0.717) is 0 Å². The number of nitrogens with zero attached hydrogens (tertiary/aromatic N) is 3. The van der Waals surface area contributed by atoms with Crippen molar-refractivity contribution in [1.29, 1.82) is 0 Å². The molecule has 6 nitrogen and oxygen atoms in total. The molecule has 0 radical (unpaired) electrons. The Morgan fingerprint density at radius 1 is 1.17 bits per heavy atom. The summed E-state index contributed by atoms with van der Waals surface area (Å²) in [6, 6.07) is 12.4. The van der Waals surface area contributed by atoms with Crippen molar-refractivity contribution in [3.63, 3.8) is 0 Å². The Hall–Kier alpha value is -3.54. The minimum atomic E-state index is -0.0403. The topological polar surface area (TPSA) is 63.1 Å². The molecule has 0 atom stereocenters. The van der Waals surface area contributed by atoms with Crippen molar-refractivity contribution < 1.29 is 4.74 Å². The smallest absolute Gasteiger partial charge is 0.251 e. The normalized spacial score (nSPS) is 13.5. The van der Waals surface area contributed by atoms with Crippen LogP contribution < -0.4 is 15.2 Å². The van der Waals surface area contributed by atoms with Gasteiger partial charge < -0.3 is 14.6 Å². The van der Waals surface area contributed by atoms with E-state index in [9.17, 15) is 4.79 Å². The number of ether oxygens (including phenoxy) is 1. The van der Waals surface area contributed by atoms with Gasteiger partial charge in [-0.25, -0.2) is 0 Å². The zero-order chi connectivity index (χ0) is 20.8. The van der Waals surface area contributed by atoms with Crippen LogP contribution in [0, 0.1) is 6.92 Å². The number of aromatic amines is 1. The first-order chi connectivity index (χ1) is 14.5. The summed E-state index contributed by atoms with van der Waals surface area (Å²) in [6.07, 6.45) is 5.96. The molecule has 0 saturated carbocycles. The zero-order valence-corrected chi connectivity index (χ0v) is 17.4. The van der Waals surface area contributed by atoms with Crippen molar-refractivity contribution in [1.82, 2.24) is 14.8 Å². The minimum Gasteiger partial charge on any atom is -0.496 e. The monoisotopic (exact) mass is 400 g/mol. The lowest BCUT2D eigenvalue weighted by Crippen LogP contribution is -2.25. The second-order valence-corrected chi connectivity index (χ2v) is 7.86. The number of anilines is 2. The van der Waals surface area contributed by atoms with E-state index in [1.165, 1.54) is 5.56 Å². The van der Waals surface area contributed by atoms with Crippen LogP contribution >= 0.6 is 0 Å². The lowest BCUT2D eigenvalue weighted by Gasteiger charge is -2.33. The summed E-state index contributed by atoms with van der Waals surface area (Å²) in [7, 11) is 3.63. The first kappa shape index (κ1) is 18.5. The Balaban J connectivity index is 1.69. The predicted molar refractivity (Wildman–Crippen MR) is 120 cm³/mol. The standard InChI is InChI=1S/C24H24N4O2/c1-15-10-19-20(26-24(15)29)7-4-8-21(19)28-9-5-6-16-11-18(17-13-25-27(2)14-17)23(30-3)12-22(16)28/h4,7-8,10-14H,5-6,9H2,1-3H3,(H,26,29). The van der Waals surface area contributed by atoms with Crippen molar-refractivity contribution in [3.8, 4) is 16.9 Å². The SMILES string of the molecule is COc1cc2c(cc1-c1cnn(C)c1)CCCN2c1cccc2[nH]c(=O)c(C)cc12. The van der Waals surface area contributed by atoms with Gasteiger partial charge in [0.2, 0.25) is 0 Å². The van der Waals surface area contributed by atoms with E-state index in [2.05, 4.69) is 33.2 Å². The zero-order valence-electron chi connectivity index (χ0n) is 17.4. The van der Waals surface area contributed by atoms with Crippen molar-refractivity contribution in [3.05, 3.63) is 70.3 Å². The van der Waals surface area contributed by atoms with Gasteiger partial charge in [0.1, 0.15) is 5.75 Å². The van der Waals surface area contributed by atoms with Crippen molar-refractivity contribution in [2.75, 3.05) is 18.6 Å². The largest absolute Gasteiger partial charge is 0.496 e. The molecule has 4 aromatic rings. The quantitative estimate of drug-likeness (QED) is 0.556. The van der Waals surface area contributed by atoms with E-state index >= 15 is 0 Å². The fourth-order valence-electron chi connectivity index (χ4n) is 4.37. The number of rotatable bonds is 3. The highest BCUT2D eigenvalue weighted by Crippen LogP contribution is 2.42. The molecule has 1 aliphatic heterocycles. The summed E-state index contributed by atoms with van der Waals surface area (Å²) in [5.41, 5.74) is 7.19. The molecule has 152 valence electrons. The first-order valence-corrected chi connectivity index (χ1v) is 10.2. The summed E-state index contributed by atoms with van der Waals surface area (Å²) < 4.78 is 7.58. The Labute approximate surface area is 174 Å². The lowest BCUT2D eigenvalue weighted by atomic mass is 9.95. The maximum absolute atomic E-state index is 12.1. The highest BCUT2D eigenvalue weighted by molar-refractivity contribution is 5.95. The average Bonchev–Trinajstić information content (AvgIpc) is 3.19. The van der Waals surface area contributed by atoms with Crippen LogP contribution in [0.3, 0.4) is 0 Å². The third-order valence-corrected chi connectivity index (χ3v) is 5.88. The van der Waals surface area contributed by atoms with Gasteiger partial charge in [-0.05, 0) is 49.6 Å². The molecule has 6 heteroatoms. The second-order valence-electron chi connectivity index (χ2n) is 7.86. The maximum atomic E-state index is 12.1. The Morgan fingerprint density at radius 2 is 2.03 bits per heavy atom. The van der Waals surface area contributed by atoms with Crippen LogP contribution in [-0.2, 0) is 13.5 Å². The summed E-state index contributed by atoms with van der Waals surface area (Å²) in [6.45, 7) is 2.77. The van der Waals surface area contributed by atoms with Crippen LogP contribution in [0.2, 0.25) is 0 Å². The number of pyridine rings is 1. The van der Waals surface area contributed by atoms with E-state index in [0.717, 1.165) is 64.1 Å². The minimum absolute atomic E-state index is 0.0403. The van der Waals surface area contributed by atoms with Gasteiger partial charge in [0.25, 0.3) is 5.56 Å². The number of H-pyrrole nitrogens is 1. The van der Waals surface area contributed by atoms with Gasteiger partial charge in [0.15, 0.2) is 0 Å². The van der Waals surface area contributed by atoms with Crippen molar-refractivity contribution in [2.24, 2.45) is 7.05 Å². The number of aromatic nitrogens is 3. The fourth-order valence-corrected chi connectivity index (χ4v) is 4.37. The predicted octanol–water partition coefficient (Wildman–Crippen LogP) is 4.33. The first-order valence-electron chi connectivity index (χ1n) is 10.2. The maximum Gasteiger partial charge on any atom is 0.251 e. The van der Waals surface area contributed by atoms with Gasteiger partial charge >= 0.3 is 0 Å². The molecule has 0 spiro atoms. The molecule has 0 fully saturated rings. The van der Waals surface area contributed by atoms with Crippen LogP contribution in [0.5, 0.6) is 5.75 Å². The van der Waals surface area contributed by atoms with Gasteiger partial charge in [-0.3, -0.25) is 9.48 Å². The Bertz CT molecular complexity index is 1320. The van der Waals surface area contributed by atoms with Gasteiger partial charge in [0, 0.05) is 53.6 Å². The van der Waals surface area contributed by atoms with Gasteiger partial charge in [-0.1, -0.05) is 6.07 Å². The number of nitrogens with one attached hydrogen (secondary N) is 1. The molecule has 0 unspecified atom stereocenters. The second kappa shape index (κ2) is 7.06. The lowest BCUT2D eigenvalue weighted by molar-refractivity contribution is 0.416. The van der Waals surface area contributed by atoms with Crippen LogP contribution in [0.4, 0.5) is 11.4 Å². The molecule has 1 aliphatic rings. The van der Waals surface area contributed by atoms with E-state index in [1.54, 1.807) is 11.8 Å². The van der Waals surface area contributed by atoms with Crippen LogP contribution in [0.15, 0.2) is 53.6 Å². The third-order valence-electron chi connectivity index (χ3n) is 5.88. The summed E-state index contributed by atoms with van der Waals surface area (Å²) in [5, 5.41) is 5.37. The molecule has 0 saturated heterocycles. The molecule has 0 aliphatic carbocycles. The van der Waals surface area contributed by atoms with Crippen molar-refractivity contribution >= 4 is 22.3 Å². The third kappa shape index (κ3) is 2.96. The molecule has 2 aromatic carbocycles. The van der Waals surface area contributed by atoms with Gasteiger partial charge in [-0.15, -0.1) is 0 Å². The number of hydrogen-bond donors (Lipinski definition) is 1. The summed E-state index contributed by atoms with van der Waals surface area (Å²) >= 11 is 0. The molecular formula is C24H24N4O2. The molecule has 0 bridgehead atoms. The van der Waals surface area contributed by atoms with Crippen molar-refractivity contribution in [2.45, 2.75) is 19.8 Å². The van der Waals surface area contributed by atoms with E-state index in [1.807, 2.05) is 44.6 Å². The van der Waals surface area contributed by atoms with Crippen LogP contribution in [0.25, 0.3) is 22.0 Å². The number of benzene rings is 2. The fraction of sp³-hybridized carbons (Fsp3) is 0.250. The average molecular weight is 400 g/mol. The van der Waals surface area contributed by atoms with E-state index in [4.69, 9.17) is 4.74 Å². The summed E-state index contributed by atoms with van der Waals surface area (Å²) in [4.78, 5) is 17.4. The number of aryl methyl sites for hydroxylation is 3. The molecule has 1 N–H and O–H groups in total. The number of hydrogen-bond acceptors (Lipinski definition) is 4. The van der Waals surface area contributed by atoms with E-state index < -0.39 is 0 Å². The Morgan fingerprint density at radius 3 is 2.80 bits per heavy atom. The molecule has 0 amide bonds. The highest BCUT2D eigenvalue weighted by Gasteiger charge is 2.23. The van der Waals surface area contributed by atoms with Crippen LogP contribution in [-0.4, -0.2) is 28.4 Å². The molecular weight excluding hydrogens is 376 g/mol.